The summed E-state index contributed by atoms with van der Waals surface area (Å²) in [5.74, 6) is -0.668. The topological polar surface area (TPSA) is 52.6 Å². The van der Waals surface area contributed by atoms with Gasteiger partial charge >= 0.3 is 5.97 Å². The second-order valence-electron chi connectivity index (χ2n) is 4.93. The highest BCUT2D eigenvalue weighted by Crippen LogP contribution is 2.13. The van der Waals surface area contributed by atoms with Gasteiger partial charge in [-0.05, 0) is 38.8 Å². The molecule has 0 aromatic rings. The monoisotopic (exact) mass is 242 g/mol. The lowest BCUT2D eigenvalue weighted by Gasteiger charge is -2.30. The first kappa shape index (κ1) is 14.5. The van der Waals surface area contributed by atoms with Crippen molar-refractivity contribution in [1.29, 1.82) is 0 Å². The number of nitrogens with one attached hydrogen (secondary N) is 1. The predicted molar refractivity (Wildman–Crippen MR) is 69.2 cm³/mol. The van der Waals surface area contributed by atoms with E-state index in [0.29, 0.717) is 6.04 Å². The van der Waals surface area contributed by atoms with Gasteiger partial charge in [0.05, 0.1) is 0 Å². The van der Waals surface area contributed by atoms with Crippen molar-refractivity contribution in [2.24, 2.45) is 0 Å². The zero-order valence-electron chi connectivity index (χ0n) is 11.1. The molecular formula is C13H26N2O2. The van der Waals surface area contributed by atoms with Gasteiger partial charge in [0, 0.05) is 12.6 Å². The summed E-state index contributed by atoms with van der Waals surface area (Å²) in [5.41, 5.74) is 0. The molecule has 0 radical (unpaired) electrons. The molecule has 1 aliphatic rings. The van der Waals surface area contributed by atoms with Gasteiger partial charge in [-0.3, -0.25) is 9.69 Å². The van der Waals surface area contributed by atoms with E-state index in [4.69, 9.17) is 0 Å². The van der Waals surface area contributed by atoms with Gasteiger partial charge in [0.15, 0.2) is 0 Å². The molecule has 1 rings (SSSR count). The summed E-state index contributed by atoms with van der Waals surface area (Å²) >= 11 is 0. The third-order valence-corrected chi connectivity index (χ3v) is 3.42. The van der Waals surface area contributed by atoms with Crippen LogP contribution in [-0.2, 0) is 4.79 Å². The van der Waals surface area contributed by atoms with E-state index in [-0.39, 0.29) is 6.04 Å². The molecule has 0 aromatic carbocycles. The molecule has 1 fully saturated rings. The van der Waals surface area contributed by atoms with Crippen molar-refractivity contribution in [3.63, 3.8) is 0 Å². The van der Waals surface area contributed by atoms with Crippen LogP contribution in [0.2, 0.25) is 0 Å². The zero-order valence-corrected chi connectivity index (χ0v) is 11.1. The second-order valence-corrected chi connectivity index (χ2v) is 4.93. The van der Waals surface area contributed by atoms with E-state index in [2.05, 4.69) is 17.1 Å². The summed E-state index contributed by atoms with van der Waals surface area (Å²) in [6.45, 7) is 7.00. The quantitative estimate of drug-likeness (QED) is 0.680. The smallest absolute Gasteiger partial charge is 0.320 e. The molecule has 17 heavy (non-hydrogen) atoms. The predicted octanol–water partition coefficient (Wildman–Crippen LogP) is 1.70. The molecule has 1 aliphatic heterocycles. The molecule has 100 valence electrons. The van der Waals surface area contributed by atoms with E-state index in [1.54, 1.807) is 0 Å². The van der Waals surface area contributed by atoms with Gasteiger partial charge in [-0.25, -0.2) is 0 Å². The largest absolute Gasteiger partial charge is 0.480 e. The molecule has 0 aliphatic carbocycles. The van der Waals surface area contributed by atoms with Crippen LogP contribution in [0.15, 0.2) is 0 Å². The maximum absolute atomic E-state index is 11.3. The van der Waals surface area contributed by atoms with Crippen molar-refractivity contribution in [3.8, 4) is 0 Å². The minimum absolute atomic E-state index is 0.303. The van der Waals surface area contributed by atoms with E-state index in [9.17, 15) is 9.90 Å². The Labute approximate surface area is 104 Å². The number of carboxylic acids is 1. The van der Waals surface area contributed by atoms with Crippen molar-refractivity contribution < 1.29 is 9.90 Å². The van der Waals surface area contributed by atoms with Crippen molar-refractivity contribution in [1.82, 2.24) is 10.2 Å². The molecule has 0 bridgehead atoms. The molecule has 2 atom stereocenters. The molecule has 0 saturated carbocycles. The first-order valence-electron chi connectivity index (χ1n) is 6.89. The van der Waals surface area contributed by atoms with Crippen LogP contribution in [0.4, 0.5) is 0 Å². The Balaban J connectivity index is 2.56. The zero-order chi connectivity index (χ0) is 12.7. The highest BCUT2D eigenvalue weighted by atomic mass is 16.4. The van der Waals surface area contributed by atoms with Crippen LogP contribution in [0.1, 0.15) is 46.0 Å². The number of rotatable bonds is 8. The Bertz CT molecular complexity index is 227. The van der Waals surface area contributed by atoms with Crippen LogP contribution in [0, 0.1) is 0 Å². The van der Waals surface area contributed by atoms with Crippen LogP contribution >= 0.6 is 0 Å². The first-order valence-corrected chi connectivity index (χ1v) is 6.89. The van der Waals surface area contributed by atoms with Crippen molar-refractivity contribution in [3.05, 3.63) is 0 Å². The van der Waals surface area contributed by atoms with Gasteiger partial charge in [-0.2, -0.15) is 0 Å². The van der Waals surface area contributed by atoms with Crippen molar-refractivity contribution >= 4 is 5.97 Å². The van der Waals surface area contributed by atoms with Crippen LogP contribution in [0.3, 0.4) is 0 Å². The minimum Gasteiger partial charge on any atom is -0.480 e. The van der Waals surface area contributed by atoms with Crippen LogP contribution in [0.25, 0.3) is 0 Å². The molecule has 4 heteroatoms. The maximum atomic E-state index is 11.3. The van der Waals surface area contributed by atoms with Crippen LogP contribution in [-0.4, -0.2) is 47.7 Å². The third-order valence-electron chi connectivity index (χ3n) is 3.42. The van der Waals surface area contributed by atoms with Gasteiger partial charge in [-0.15, -0.1) is 0 Å². The Morgan fingerprint density at radius 3 is 2.71 bits per heavy atom. The molecule has 0 amide bonds. The molecule has 0 spiro atoms. The lowest BCUT2D eigenvalue weighted by atomic mass is 10.1. The lowest BCUT2D eigenvalue weighted by Crippen LogP contribution is -2.47. The molecule has 2 unspecified atom stereocenters. The lowest BCUT2D eigenvalue weighted by molar-refractivity contribution is -0.143. The molecule has 1 saturated heterocycles. The maximum Gasteiger partial charge on any atom is 0.320 e. The van der Waals surface area contributed by atoms with E-state index in [1.165, 1.54) is 12.8 Å². The summed E-state index contributed by atoms with van der Waals surface area (Å²) in [6.07, 6.45) is 5.09. The van der Waals surface area contributed by atoms with E-state index < -0.39 is 5.97 Å². The SMILES string of the molecule is CCCC(C(=O)O)N(CCC)CC1CCCN1. The standard InChI is InChI=1S/C13H26N2O2/c1-3-6-12(13(16)17)15(9-4-2)10-11-7-5-8-14-11/h11-12,14H,3-10H2,1-2H3,(H,16,17). The number of hydrogen-bond donors (Lipinski definition) is 2. The summed E-state index contributed by atoms with van der Waals surface area (Å²) in [4.78, 5) is 13.5. The van der Waals surface area contributed by atoms with Gasteiger partial charge in [-0.1, -0.05) is 20.3 Å². The number of carboxylic acid groups (broad SMARTS) is 1. The fourth-order valence-electron chi connectivity index (χ4n) is 2.59. The number of aliphatic carboxylic acids is 1. The van der Waals surface area contributed by atoms with E-state index in [1.807, 2.05) is 6.92 Å². The summed E-state index contributed by atoms with van der Waals surface area (Å²) in [6, 6.07) is 0.183. The second kappa shape index (κ2) is 7.67. The number of carbonyl (C=O) groups is 1. The van der Waals surface area contributed by atoms with Gasteiger partial charge in [0.25, 0.3) is 0 Å². The summed E-state index contributed by atoms with van der Waals surface area (Å²) < 4.78 is 0. The Kier molecular flexibility index (Phi) is 6.52. The fraction of sp³-hybridized carbons (Fsp3) is 0.923. The molecule has 4 nitrogen and oxygen atoms in total. The Morgan fingerprint density at radius 1 is 1.47 bits per heavy atom. The first-order chi connectivity index (χ1) is 8.19. The van der Waals surface area contributed by atoms with Crippen molar-refractivity contribution in [2.45, 2.75) is 58.0 Å². The van der Waals surface area contributed by atoms with Gasteiger partial charge in [0.1, 0.15) is 6.04 Å². The van der Waals surface area contributed by atoms with Crippen LogP contribution < -0.4 is 5.32 Å². The fourth-order valence-corrected chi connectivity index (χ4v) is 2.59. The Hall–Kier alpha value is -0.610. The normalized spacial score (nSPS) is 21.9. The van der Waals surface area contributed by atoms with Crippen LogP contribution in [0.5, 0.6) is 0 Å². The Morgan fingerprint density at radius 2 is 2.24 bits per heavy atom. The molecule has 0 aromatic heterocycles. The average molecular weight is 242 g/mol. The number of hydrogen-bond acceptors (Lipinski definition) is 3. The molecule has 1 heterocycles. The van der Waals surface area contributed by atoms with Gasteiger partial charge < -0.3 is 10.4 Å². The summed E-state index contributed by atoms with van der Waals surface area (Å²) in [5, 5.41) is 12.8. The highest BCUT2D eigenvalue weighted by molar-refractivity contribution is 5.73. The average Bonchev–Trinajstić information content (AvgIpc) is 2.78. The van der Waals surface area contributed by atoms with Crippen molar-refractivity contribution in [2.75, 3.05) is 19.6 Å². The highest BCUT2D eigenvalue weighted by Gasteiger charge is 2.27. The molecule has 2 N–H and O–H groups in total. The molecular weight excluding hydrogens is 216 g/mol. The minimum atomic E-state index is -0.668. The van der Waals surface area contributed by atoms with E-state index >= 15 is 0 Å². The number of nitrogens with zero attached hydrogens (tertiary/aromatic N) is 1. The van der Waals surface area contributed by atoms with E-state index in [0.717, 1.165) is 38.9 Å². The van der Waals surface area contributed by atoms with Gasteiger partial charge in [0.2, 0.25) is 0 Å². The third kappa shape index (κ3) is 4.64. The summed E-state index contributed by atoms with van der Waals surface area (Å²) in [7, 11) is 0.